The zero-order valence-electron chi connectivity index (χ0n) is 54.8. The van der Waals surface area contributed by atoms with Gasteiger partial charge >= 0.3 is 5.97 Å². The molecular weight excluding hydrogens is 1090 g/mol. The molecule has 0 aromatic carbocycles. The van der Waals surface area contributed by atoms with Crippen molar-refractivity contribution in [3.8, 4) is 0 Å². The van der Waals surface area contributed by atoms with Crippen LogP contribution in [0, 0.1) is 0 Å². The first-order chi connectivity index (χ1) is 42.7. The third-order valence-corrected chi connectivity index (χ3v) is 15.2. The molecule has 0 aliphatic carbocycles. The minimum Gasteiger partial charge on any atom is -0.454 e. The molecule has 494 valence electrons. The van der Waals surface area contributed by atoms with Crippen LogP contribution in [-0.2, 0) is 23.8 Å². The van der Waals surface area contributed by atoms with E-state index >= 15 is 0 Å². The third kappa shape index (κ3) is 49.1. The van der Waals surface area contributed by atoms with E-state index in [2.05, 4.69) is 160 Å². The van der Waals surface area contributed by atoms with Gasteiger partial charge in [0.05, 0.1) is 25.4 Å². The van der Waals surface area contributed by atoms with E-state index in [1.165, 1.54) is 57.8 Å². The second-order valence-corrected chi connectivity index (χ2v) is 23.1. The SMILES string of the molecule is CC/C=C\C/C=C\C/C=C\C/C=C\C/C=C\C/C=C\CCCCCCC(=O)OC1C(OCC(NC(=O)C(O)CCCCCCCCCC/C=C\C/C=C\C/C=C\C/C=C\C/C=C\CC)C(O)/C=C/CCCCCCCCCCC)OC(CO)C(O)C1O. The van der Waals surface area contributed by atoms with Crippen molar-refractivity contribution in [3.05, 3.63) is 146 Å². The van der Waals surface area contributed by atoms with Crippen molar-refractivity contribution in [1.29, 1.82) is 0 Å². The lowest BCUT2D eigenvalue weighted by atomic mass is 9.99. The van der Waals surface area contributed by atoms with Gasteiger partial charge in [0.15, 0.2) is 12.4 Å². The Balaban J connectivity index is 2.61. The molecule has 0 radical (unpaired) electrons. The quantitative estimate of drug-likeness (QED) is 0.0195. The summed E-state index contributed by atoms with van der Waals surface area (Å²) in [5.41, 5.74) is 0. The fraction of sp³-hybridized carbons (Fsp3) is 0.658. The molecule has 1 amide bonds. The molecule has 1 rings (SSSR count). The predicted molar refractivity (Wildman–Crippen MR) is 365 cm³/mol. The molecule has 1 aliphatic rings. The van der Waals surface area contributed by atoms with Gasteiger partial charge in [-0.1, -0.05) is 276 Å². The molecule has 8 atom stereocenters. The van der Waals surface area contributed by atoms with Crippen LogP contribution in [-0.4, -0.2) is 99.6 Å². The van der Waals surface area contributed by atoms with Crippen molar-refractivity contribution in [2.45, 2.75) is 307 Å². The van der Waals surface area contributed by atoms with Gasteiger partial charge in [-0.15, -0.1) is 0 Å². The predicted octanol–water partition coefficient (Wildman–Crippen LogP) is 17.7. The highest BCUT2D eigenvalue weighted by molar-refractivity contribution is 5.80. The summed E-state index contributed by atoms with van der Waals surface area (Å²) in [5.74, 6) is -1.24. The number of ether oxygens (including phenoxy) is 3. The number of nitrogens with one attached hydrogen (secondary N) is 1. The summed E-state index contributed by atoms with van der Waals surface area (Å²) < 4.78 is 17.6. The van der Waals surface area contributed by atoms with E-state index in [1.807, 2.05) is 6.08 Å². The lowest BCUT2D eigenvalue weighted by Crippen LogP contribution is -2.61. The molecular formula is C76H125NO10. The Morgan fingerprint density at radius 2 is 0.828 bits per heavy atom. The Bertz CT molecular complexity index is 1980. The summed E-state index contributed by atoms with van der Waals surface area (Å²) in [6.45, 7) is 5.54. The second kappa shape index (κ2) is 61.8. The molecule has 0 saturated carbocycles. The maximum absolute atomic E-state index is 13.5. The molecule has 11 heteroatoms. The van der Waals surface area contributed by atoms with E-state index in [9.17, 15) is 35.1 Å². The first-order valence-corrected chi connectivity index (χ1v) is 34.6. The van der Waals surface area contributed by atoms with Gasteiger partial charge in [0, 0.05) is 6.42 Å². The summed E-state index contributed by atoms with van der Waals surface area (Å²) in [4.78, 5) is 26.7. The minimum atomic E-state index is -1.64. The monoisotopic (exact) mass is 1210 g/mol. The average Bonchev–Trinajstić information content (AvgIpc) is 2.93. The number of carbonyl (C=O) groups is 2. The van der Waals surface area contributed by atoms with E-state index < -0.39 is 67.4 Å². The van der Waals surface area contributed by atoms with Crippen LogP contribution < -0.4 is 5.32 Å². The van der Waals surface area contributed by atoms with E-state index in [1.54, 1.807) is 6.08 Å². The number of allylic oxidation sites excluding steroid dienone is 23. The summed E-state index contributed by atoms with van der Waals surface area (Å²) in [5, 5.41) is 57.2. The van der Waals surface area contributed by atoms with Gasteiger partial charge in [0.25, 0.3) is 0 Å². The maximum Gasteiger partial charge on any atom is 0.306 e. The Kier molecular flexibility index (Phi) is 57.2. The molecule has 0 spiro atoms. The molecule has 1 fully saturated rings. The molecule has 11 nitrogen and oxygen atoms in total. The number of esters is 1. The van der Waals surface area contributed by atoms with Crippen LogP contribution in [0.15, 0.2) is 146 Å². The smallest absolute Gasteiger partial charge is 0.306 e. The van der Waals surface area contributed by atoms with Gasteiger partial charge in [-0.05, 0) is 122 Å². The number of aliphatic hydroxyl groups is 5. The number of aliphatic hydroxyl groups excluding tert-OH is 5. The Morgan fingerprint density at radius 3 is 1.24 bits per heavy atom. The number of carbonyl (C=O) groups excluding carboxylic acids is 2. The highest BCUT2D eigenvalue weighted by atomic mass is 16.7. The molecule has 87 heavy (non-hydrogen) atoms. The van der Waals surface area contributed by atoms with E-state index in [0.717, 1.165) is 154 Å². The van der Waals surface area contributed by atoms with Crippen molar-refractivity contribution in [2.75, 3.05) is 13.2 Å². The van der Waals surface area contributed by atoms with Crippen molar-refractivity contribution >= 4 is 11.9 Å². The Morgan fingerprint density at radius 1 is 0.460 bits per heavy atom. The molecule has 6 N–H and O–H groups in total. The molecule has 1 aliphatic heterocycles. The van der Waals surface area contributed by atoms with Crippen molar-refractivity contribution in [2.24, 2.45) is 0 Å². The first kappa shape index (κ1) is 80.6. The maximum atomic E-state index is 13.5. The molecule has 0 bridgehead atoms. The lowest BCUT2D eigenvalue weighted by molar-refractivity contribution is -0.305. The van der Waals surface area contributed by atoms with Crippen molar-refractivity contribution < 1.29 is 49.3 Å². The Labute approximate surface area is 530 Å². The zero-order valence-corrected chi connectivity index (χ0v) is 54.8. The lowest BCUT2D eigenvalue weighted by Gasteiger charge is -2.41. The largest absolute Gasteiger partial charge is 0.454 e. The van der Waals surface area contributed by atoms with Gasteiger partial charge in [0.2, 0.25) is 5.91 Å². The fourth-order valence-electron chi connectivity index (χ4n) is 9.86. The topological polar surface area (TPSA) is 175 Å². The number of hydrogen-bond acceptors (Lipinski definition) is 10. The van der Waals surface area contributed by atoms with Gasteiger partial charge in [-0.2, -0.15) is 0 Å². The number of amides is 1. The van der Waals surface area contributed by atoms with Crippen LogP contribution in [0.2, 0.25) is 0 Å². The molecule has 0 aromatic heterocycles. The average molecular weight is 1210 g/mol. The summed E-state index contributed by atoms with van der Waals surface area (Å²) in [6, 6.07) is -1.04. The van der Waals surface area contributed by atoms with Crippen LogP contribution in [0.4, 0.5) is 0 Å². The minimum absolute atomic E-state index is 0.0847. The van der Waals surface area contributed by atoms with E-state index in [0.29, 0.717) is 12.8 Å². The standard InChI is InChI=1S/C76H125NO10/c1-4-7-10-13-16-19-22-24-26-28-30-32-34-36-37-39-41-43-45-48-51-54-57-60-63-69(80)75(84)77-67(68(79)62-59-56-53-50-47-21-18-15-12-9-6-3)66-85-76-74(73(83)72(82)70(65-78)86-76)87-71(81)64-61-58-55-52-49-46-44-42-40-38-35-33-31-29-27-25-23-20-17-14-11-8-5-2/h7-8,10-11,16-17,19-20,24-27,30-33,36-38,40,44,46,59,62,67-70,72-74,76,78-80,82-83H,4-6,9,12-15,18,21-23,28-29,34-35,39,41-43,45,47-58,60-61,63-66H2,1-3H3,(H,77,84)/b10-7-,11-8-,19-16-,20-17-,26-24-,27-25-,32-30-,33-31-,37-36-,40-38-,46-44-,62-59+. The molecule has 1 heterocycles. The summed E-state index contributed by atoms with van der Waals surface area (Å²) in [6.07, 6.45) is 78.8. The van der Waals surface area contributed by atoms with Crippen molar-refractivity contribution in [1.82, 2.24) is 5.32 Å². The van der Waals surface area contributed by atoms with E-state index in [4.69, 9.17) is 14.2 Å². The van der Waals surface area contributed by atoms with Crippen LogP contribution >= 0.6 is 0 Å². The van der Waals surface area contributed by atoms with Gasteiger partial charge in [-0.3, -0.25) is 9.59 Å². The number of rotatable bonds is 57. The zero-order chi connectivity index (χ0) is 63.1. The summed E-state index contributed by atoms with van der Waals surface area (Å²) >= 11 is 0. The van der Waals surface area contributed by atoms with E-state index in [-0.39, 0.29) is 19.4 Å². The van der Waals surface area contributed by atoms with Crippen LogP contribution in [0.25, 0.3) is 0 Å². The fourth-order valence-corrected chi connectivity index (χ4v) is 9.86. The van der Waals surface area contributed by atoms with Gasteiger partial charge in [-0.25, -0.2) is 0 Å². The summed E-state index contributed by atoms with van der Waals surface area (Å²) in [7, 11) is 0. The third-order valence-electron chi connectivity index (χ3n) is 15.2. The molecule has 0 aromatic rings. The van der Waals surface area contributed by atoms with Crippen LogP contribution in [0.5, 0.6) is 0 Å². The van der Waals surface area contributed by atoms with Crippen LogP contribution in [0.3, 0.4) is 0 Å². The number of unbranched alkanes of at least 4 members (excludes halogenated alkanes) is 21. The first-order valence-electron chi connectivity index (χ1n) is 34.6. The highest BCUT2D eigenvalue weighted by Crippen LogP contribution is 2.26. The van der Waals surface area contributed by atoms with Gasteiger partial charge in [0.1, 0.15) is 24.4 Å². The molecule has 1 saturated heterocycles. The second-order valence-electron chi connectivity index (χ2n) is 23.1. The van der Waals surface area contributed by atoms with Crippen LogP contribution in [0.1, 0.15) is 258 Å². The Hall–Kier alpha value is -4.46. The van der Waals surface area contributed by atoms with Gasteiger partial charge < -0.3 is 45.1 Å². The highest BCUT2D eigenvalue weighted by Gasteiger charge is 2.47. The normalized spacial score (nSPS) is 19.2. The van der Waals surface area contributed by atoms with Crippen molar-refractivity contribution in [3.63, 3.8) is 0 Å². The molecule has 8 unspecified atom stereocenters. The number of hydrogen-bond donors (Lipinski definition) is 6.